The number of rotatable bonds is 5. The number of carbonyl (C=O) groups is 2. The van der Waals surface area contributed by atoms with Crippen molar-refractivity contribution in [2.45, 2.75) is 26.2 Å². The van der Waals surface area contributed by atoms with Crippen LogP contribution in [0.1, 0.15) is 26.2 Å². The predicted molar refractivity (Wildman–Crippen MR) is 42.5 cm³/mol. The second kappa shape index (κ2) is 4.25. The van der Waals surface area contributed by atoms with Crippen LogP contribution in [-0.2, 0) is 14.3 Å². The van der Waals surface area contributed by atoms with Gasteiger partial charge in [-0.2, -0.15) is 0 Å². The van der Waals surface area contributed by atoms with Gasteiger partial charge in [-0.25, -0.2) is 0 Å². The van der Waals surface area contributed by atoms with Gasteiger partial charge in [-0.15, -0.1) is 0 Å². The molecule has 13 heavy (non-hydrogen) atoms. The summed E-state index contributed by atoms with van der Waals surface area (Å²) in [7, 11) is 0. The lowest BCUT2D eigenvalue weighted by Crippen LogP contribution is -2.26. The fraction of sp³-hybridized carbons (Fsp3) is 0.778. The molecule has 0 aromatic heterocycles. The summed E-state index contributed by atoms with van der Waals surface area (Å²) in [5.74, 6) is -2.57. The molecule has 1 rings (SSSR count). The molecule has 0 aromatic carbocycles. The van der Waals surface area contributed by atoms with Gasteiger partial charge in [-0.05, 0) is 12.8 Å². The van der Waals surface area contributed by atoms with Crippen LogP contribution in [0.15, 0.2) is 0 Å². The van der Waals surface area contributed by atoms with Crippen molar-refractivity contribution in [3.05, 3.63) is 0 Å². The summed E-state index contributed by atoms with van der Waals surface area (Å²) in [6.07, 6.45) is 2.17. The van der Waals surface area contributed by atoms with Gasteiger partial charge >= 0.3 is 5.97 Å². The van der Waals surface area contributed by atoms with Crippen LogP contribution in [0.3, 0.4) is 0 Å². The van der Waals surface area contributed by atoms with E-state index in [1.54, 1.807) is 0 Å². The van der Waals surface area contributed by atoms with Crippen LogP contribution in [0, 0.1) is 11.8 Å². The molecule has 0 aliphatic heterocycles. The van der Waals surface area contributed by atoms with Gasteiger partial charge in [-0.3, -0.25) is 4.79 Å². The van der Waals surface area contributed by atoms with Crippen molar-refractivity contribution in [3.63, 3.8) is 0 Å². The van der Waals surface area contributed by atoms with Gasteiger partial charge in [0.2, 0.25) is 0 Å². The number of carboxylic acid groups (broad SMARTS) is 1. The maximum atomic E-state index is 11.1. The Hall–Kier alpha value is -1.06. The maximum absolute atomic E-state index is 11.1. The van der Waals surface area contributed by atoms with Crippen LogP contribution < -0.4 is 5.11 Å². The fourth-order valence-electron chi connectivity index (χ4n) is 1.14. The van der Waals surface area contributed by atoms with E-state index in [9.17, 15) is 14.7 Å². The summed E-state index contributed by atoms with van der Waals surface area (Å²) in [5.41, 5.74) is 0. The van der Waals surface area contributed by atoms with Crippen molar-refractivity contribution < 1.29 is 19.4 Å². The Morgan fingerprint density at radius 2 is 2.15 bits per heavy atom. The van der Waals surface area contributed by atoms with Crippen molar-refractivity contribution in [2.75, 3.05) is 6.61 Å². The Morgan fingerprint density at radius 1 is 1.46 bits per heavy atom. The molecule has 4 heteroatoms. The van der Waals surface area contributed by atoms with Crippen LogP contribution in [0.4, 0.5) is 0 Å². The second-order valence-corrected chi connectivity index (χ2v) is 3.29. The molecule has 1 fully saturated rings. The lowest BCUT2D eigenvalue weighted by atomic mass is 10.3. The van der Waals surface area contributed by atoms with Crippen molar-refractivity contribution in [1.29, 1.82) is 0 Å². The highest BCUT2D eigenvalue weighted by Gasteiger charge is 2.45. The lowest BCUT2D eigenvalue weighted by Gasteiger charge is -2.03. The highest BCUT2D eigenvalue weighted by Crippen LogP contribution is 2.38. The average Bonchev–Trinajstić information content (AvgIpc) is 2.83. The lowest BCUT2D eigenvalue weighted by molar-refractivity contribution is -0.308. The molecular weight excluding hydrogens is 172 g/mol. The van der Waals surface area contributed by atoms with E-state index in [1.807, 2.05) is 6.92 Å². The third-order valence-electron chi connectivity index (χ3n) is 2.14. The molecule has 0 N–H and O–H groups in total. The molecule has 0 saturated heterocycles. The first kappa shape index (κ1) is 10.0. The van der Waals surface area contributed by atoms with Crippen molar-refractivity contribution in [1.82, 2.24) is 0 Å². The Kier molecular flexibility index (Phi) is 3.28. The Balaban J connectivity index is 2.16. The van der Waals surface area contributed by atoms with E-state index in [1.165, 1.54) is 0 Å². The van der Waals surface area contributed by atoms with Gasteiger partial charge in [0.05, 0.1) is 12.5 Å². The average molecular weight is 185 g/mol. The summed E-state index contributed by atoms with van der Waals surface area (Å²) < 4.78 is 4.86. The molecule has 0 heterocycles. The summed E-state index contributed by atoms with van der Waals surface area (Å²) in [5, 5.41) is 10.3. The third-order valence-corrected chi connectivity index (χ3v) is 2.14. The zero-order valence-corrected chi connectivity index (χ0v) is 7.62. The van der Waals surface area contributed by atoms with E-state index >= 15 is 0 Å². The quantitative estimate of drug-likeness (QED) is 0.436. The van der Waals surface area contributed by atoms with Crippen LogP contribution in [0.25, 0.3) is 0 Å². The van der Waals surface area contributed by atoms with E-state index in [0.29, 0.717) is 13.0 Å². The summed E-state index contributed by atoms with van der Waals surface area (Å²) in [4.78, 5) is 21.4. The van der Waals surface area contributed by atoms with Gasteiger partial charge in [0.1, 0.15) is 0 Å². The van der Waals surface area contributed by atoms with E-state index in [4.69, 9.17) is 4.74 Å². The van der Waals surface area contributed by atoms with Gasteiger partial charge < -0.3 is 14.6 Å². The first-order chi connectivity index (χ1) is 6.16. The largest absolute Gasteiger partial charge is 0.550 e. The van der Waals surface area contributed by atoms with Crippen LogP contribution in [0.5, 0.6) is 0 Å². The standard InChI is InChI=1S/C9H14O4/c1-2-3-4-13-9(12)7-5-6(7)8(10)11/h6-7H,2-5H2,1H3,(H,10,11)/p-1/t6-,7+/m1/s1. The summed E-state index contributed by atoms with van der Waals surface area (Å²) in [6, 6.07) is 0. The van der Waals surface area contributed by atoms with Gasteiger partial charge in [-0.1, -0.05) is 13.3 Å². The number of aliphatic carboxylic acids is 1. The minimum Gasteiger partial charge on any atom is -0.550 e. The summed E-state index contributed by atoms with van der Waals surface area (Å²) in [6.45, 7) is 2.39. The Bertz CT molecular complexity index is 212. The van der Waals surface area contributed by atoms with E-state index in [-0.39, 0.29) is 5.97 Å². The SMILES string of the molecule is CCCCOC(=O)[C@H]1C[C@H]1C(=O)[O-]. The molecule has 0 bridgehead atoms. The minimum absolute atomic E-state index is 0.382. The van der Waals surface area contributed by atoms with Gasteiger partial charge in [0.25, 0.3) is 0 Å². The normalized spacial score (nSPS) is 25.3. The number of esters is 1. The van der Waals surface area contributed by atoms with Gasteiger partial charge in [0, 0.05) is 11.9 Å². The molecule has 0 unspecified atom stereocenters. The van der Waals surface area contributed by atoms with E-state index < -0.39 is 17.8 Å². The smallest absolute Gasteiger partial charge is 0.309 e. The van der Waals surface area contributed by atoms with Crippen molar-refractivity contribution >= 4 is 11.9 Å². The first-order valence-corrected chi connectivity index (χ1v) is 4.54. The molecule has 0 aromatic rings. The number of unbranched alkanes of at least 4 members (excludes halogenated alkanes) is 1. The Morgan fingerprint density at radius 3 is 2.62 bits per heavy atom. The monoisotopic (exact) mass is 185 g/mol. The van der Waals surface area contributed by atoms with Crippen LogP contribution >= 0.6 is 0 Å². The molecule has 0 amide bonds. The van der Waals surface area contributed by atoms with Crippen molar-refractivity contribution in [3.8, 4) is 0 Å². The zero-order chi connectivity index (χ0) is 9.84. The Labute approximate surface area is 76.9 Å². The topological polar surface area (TPSA) is 66.4 Å². The molecule has 2 atom stereocenters. The highest BCUT2D eigenvalue weighted by molar-refractivity contribution is 5.85. The molecule has 0 spiro atoms. The number of ether oxygens (including phenoxy) is 1. The number of hydrogen-bond donors (Lipinski definition) is 0. The molecule has 1 aliphatic rings. The molecule has 1 aliphatic carbocycles. The molecule has 0 radical (unpaired) electrons. The minimum atomic E-state index is -1.14. The summed E-state index contributed by atoms with van der Waals surface area (Å²) >= 11 is 0. The number of hydrogen-bond acceptors (Lipinski definition) is 4. The van der Waals surface area contributed by atoms with E-state index in [2.05, 4.69) is 0 Å². The molecule has 1 saturated carbocycles. The van der Waals surface area contributed by atoms with E-state index in [0.717, 1.165) is 12.8 Å². The molecular formula is C9H13O4-. The number of carbonyl (C=O) groups excluding carboxylic acids is 2. The molecule has 74 valence electrons. The fourth-order valence-corrected chi connectivity index (χ4v) is 1.14. The second-order valence-electron chi connectivity index (χ2n) is 3.29. The molecule has 4 nitrogen and oxygen atoms in total. The van der Waals surface area contributed by atoms with Gasteiger partial charge in [0.15, 0.2) is 0 Å². The highest BCUT2D eigenvalue weighted by atomic mass is 16.5. The van der Waals surface area contributed by atoms with Crippen LogP contribution in [0.2, 0.25) is 0 Å². The van der Waals surface area contributed by atoms with Crippen LogP contribution in [-0.4, -0.2) is 18.5 Å². The first-order valence-electron chi connectivity index (χ1n) is 4.54. The number of carboxylic acids is 1. The maximum Gasteiger partial charge on any atom is 0.309 e. The predicted octanol–water partition coefficient (Wildman–Crippen LogP) is -0.284. The third kappa shape index (κ3) is 2.72. The van der Waals surface area contributed by atoms with Crippen molar-refractivity contribution in [2.24, 2.45) is 11.8 Å². The zero-order valence-electron chi connectivity index (χ0n) is 7.62.